The summed E-state index contributed by atoms with van der Waals surface area (Å²) in [4.78, 5) is 4.01. The SMILES string of the molecule is CC1CCC(CNS(=O)(=O)c2cccnc2C(N)=S)CC1. The molecule has 7 heteroatoms. The zero-order valence-corrected chi connectivity index (χ0v) is 13.7. The molecule has 0 aliphatic heterocycles. The first-order chi connectivity index (χ1) is 9.90. The summed E-state index contributed by atoms with van der Waals surface area (Å²) in [6.45, 7) is 2.70. The van der Waals surface area contributed by atoms with Gasteiger partial charge in [-0.1, -0.05) is 32.0 Å². The summed E-state index contributed by atoms with van der Waals surface area (Å²) >= 11 is 4.86. The molecule has 1 aromatic rings. The normalized spacial score (nSPS) is 22.9. The number of aromatic nitrogens is 1. The van der Waals surface area contributed by atoms with Gasteiger partial charge in [0.25, 0.3) is 0 Å². The molecule has 1 heterocycles. The number of sulfonamides is 1. The average molecular weight is 327 g/mol. The van der Waals surface area contributed by atoms with E-state index >= 15 is 0 Å². The second-order valence-electron chi connectivity index (χ2n) is 5.69. The van der Waals surface area contributed by atoms with Gasteiger partial charge in [0.2, 0.25) is 10.0 Å². The molecule has 0 bridgehead atoms. The van der Waals surface area contributed by atoms with E-state index in [1.54, 1.807) is 6.07 Å². The minimum absolute atomic E-state index is 0.0116. The molecule has 21 heavy (non-hydrogen) atoms. The maximum absolute atomic E-state index is 12.4. The molecule has 2 rings (SSSR count). The lowest BCUT2D eigenvalue weighted by Gasteiger charge is -2.26. The Bertz CT molecular complexity index is 608. The molecule has 1 fully saturated rings. The van der Waals surface area contributed by atoms with Crippen LogP contribution in [0.15, 0.2) is 23.2 Å². The molecule has 0 radical (unpaired) electrons. The van der Waals surface area contributed by atoms with Crippen molar-refractivity contribution in [1.82, 2.24) is 9.71 Å². The average Bonchev–Trinajstić information content (AvgIpc) is 2.47. The quantitative estimate of drug-likeness (QED) is 0.806. The highest BCUT2D eigenvalue weighted by Gasteiger charge is 2.24. The summed E-state index contributed by atoms with van der Waals surface area (Å²) in [5.41, 5.74) is 5.69. The van der Waals surface area contributed by atoms with Crippen LogP contribution >= 0.6 is 12.2 Å². The van der Waals surface area contributed by atoms with Gasteiger partial charge >= 0.3 is 0 Å². The number of nitrogens with one attached hydrogen (secondary N) is 1. The van der Waals surface area contributed by atoms with Crippen molar-refractivity contribution in [2.45, 2.75) is 37.5 Å². The summed E-state index contributed by atoms with van der Waals surface area (Å²) < 4.78 is 27.5. The highest BCUT2D eigenvalue weighted by atomic mass is 32.2. The van der Waals surface area contributed by atoms with Gasteiger partial charge in [0.05, 0.1) is 0 Å². The molecule has 5 nitrogen and oxygen atoms in total. The molecule has 1 aliphatic carbocycles. The van der Waals surface area contributed by atoms with Crippen molar-refractivity contribution in [2.24, 2.45) is 17.6 Å². The number of nitrogens with two attached hydrogens (primary N) is 1. The van der Waals surface area contributed by atoms with Crippen LogP contribution < -0.4 is 10.5 Å². The Morgan fingerprint density at radius 3 is 2.71 bits per heavy atom. The zero-order valence-electron chi connectivity index (χ0n) is 12.1. The second-order valence-corrected chi connectivity index (χ2v) is 7.87. The lowest BCUT2D eigenvalue weighted by Crippen LogP contribution is -2.32. The van der Waals surface area contributed by atoms with Gasteiger partial charge in [-0.3, -0.25) is 4.98 Å². The first kappa shape index (κ1) is 16.3. The van der Waals surface area contributed by atoms with E-state index in [1.165, 1.54) is 12.3 Å². The van der Waals surface area contributed by atoms with Gasteiger partial charge in [0.15, 0.2) is 0 Å². The third-order valence-corrected chi connectivity index (χ3v) is 5.64. The van der Waals surface area contributed by atoms with Crippen molar-refractivity contribution in [3.05, 3.63) is 24.0 Å². The van der Waals surface area contributed by atoms with Gasteiger partial charge in [0.1, 0.15) is 15.6 Å². The van der Waals surface area contributed by atoms with Crippen LogP contribution in [0, 0.1) is 11.8 Å². The molecule has 0 saturated heterocycles. The predicted octanol–water partition coefficient (Wildman–Crippen LogP) is 1.82. The van der Waals surface area contributed by atoms with Gasteiger partial charge in [-0.15, -0.1) is 0 Å². The van der Waals surface area contributed by atoms with E-state index in [2.05, 4.69) is 16.6 Å². The maximum Gasteiger partial charge on any atom is 0.242 e. The fraction of sp³-hybridized carbons (Fsp3) is 0.571. The number of nitrogens with zero attached hydrogens (tertiary/aromatic N) is 1. The Hall–Kier alpha value is -1.05. The number of hydrogen-bond donors (Lipinski definition) is 2. The second kappa shape index (κ2) is 6.81. The number of pyridine rings is 1. The zero-order chi connectivity index (χ0) is 15.5. The molecule has 1 saturated carbocycles. The third-order valence-electron chi connectivity index (χ3n) is 3.99. The molecule has 116 valence electrons. The molecule has 0 amide bonds. The highest BCUT2D eigenvalue weighted by Crippen LogP contribution is 2.28. The molecule has 0 unspecified atom stereocenters. The van der Waals surface area contributed by atoms with Crippen LogP contribution in [-0.2, 0) is 10.0 Å². The van der Waals surface area contributed by atoms with Gasteiger partial charge < -0.3 is 5.73 Å². The third kappa shape index (κ3) is 4.21. The molecule has 0 spiro atoms. The Balaban J connectivity index is 2.07. The summed E-state index contributed by atoms with van der Waals surface area (Å²) in [6, 6.07) is 3.05. The van der Waals surface area contributed by atoms with E-state index < -0.39 is 10.0 Å². The fourth-order valence-corrected chi connectivity index (χ4v) is 4.14. The first-order valence-electron chi connectivity index (χ1n) is 7.14. The lowest BCUT2D eigenvalue weighted by atomic mass is 9.83. The van der Waals surface area contributed by atoms with E-state index in [-0.39, 0.29) is 15.6 Å². The van der Waals surface area contributed by atoms with Crippen LogP contribution in [0.4, 0.5) is 0 Å². The molecule has 1 aliphatic rings. The monoisotopic (exact) mass is 327 g/mol. The Kier molecular flexibility index (Phi) is 5.29. The van der Waals surface area contributed by atoms with Crippen molar-refractivity contribution >= 4 is 27.2 Å². The van der Waals surface area contributed by atoms with E-state index in [1.807, 2.05) is 0 Å². The van der Waals surface area contributed by atoms with Crippen LogP contribution in [0.1, 0.15) is 38.3 Å². The van der Waals surface area contributed by atoms with E-state index in [4.69, 9.17) is 18.0 Å². The minimum atomic E-state index is -3.63. The molecule has 0 atom stereocenters. The van der Waals surface area contributed by atoms with Crippen LogP contribution in [0.3, 0.4) is 0 Å². The van der Waals surface area contributed by atoms with E-state index in [9.17, 15) is 8.42 Å². The Morgan fingerprint density at radius 2 is 2.10 bits per heavy atom. The van der Waals surface area contributed by atoms with Crippen molar-refractivity contribution in [3.8, 4) is 0 Å². The summed E-state index contributed by atoms with van der Waals surface area (Å²) in [5.74, 6) is 1.15. The molecule has 0 aromatic carbocycles. The van der Waals surface area contributed by atoms with Crippen molar-refractivity contribution in [2.75, 3.05) is 6.54 Å². The Morgan fingerprint density at radius 1 is 1.43 bits per heavy atom. The summed E-state index contributed by atoms with van der Waals surface area (Å²) in [5, 5.41) is 0. The Labute approximate surface area is 131 Å². The maximum atomic E-state index is 12.4. The van der Waals surface area contributed by atoms with Gasteiger partial charge in [-0.25, -0.2) is 13.1 Å². The van der Waals surface area contributed by atoms with E-state index in [0.29, 0.717) is 12.5 Å². The van der Waals surface area contributed by atoms with Crippen LogP contribution in [0.2, 0.25) is 0 Å². The topological polar surface area (TPSA) is 85.1 Å². The van der Waals surface area contributed by atoms with Crippen LogP contribution in [-0.4, -0.2) is 24.9 Å². The van der Waals surface area contributed by atoms with Gasteiger partial charge in [-0.05, 0) is 36.8 Å². The number of thiocarbonyl (C=S) groups is 1. The summed E-state index contributed by atoms with van der Waals surface area (Å²) in [6.07, 6.45) is 5.95. The van der Waals surface area contributed by atoms with Crippen molar-refractivity contribution in [1.29, 1.82) is 0 Å². The molecular weight excluding hydrogens is 306 g/mol. The van der Waals surface area contributed by atoms with Crippen LogP contribution in [0.5, 0.6) is 0 Å². The molecular formula is C14H21N3O2S2. The molecule has 1 aromatic heterocycles. The summed E-state index contributed by atoms with van der Waals surface area (Å²) in [7, 11) is -3.63. The predicted molar refractivity (Wildman–Crippen MR) is 86.4 cm³/mol. The highest BCUT2D eigenvalue weighted by molar-refractivity contribution is 7.89. The van der Waals surface area contributed by atoms with Crippen molar-refractivity contribution in [3.63, 3.8) is 0 Å². The largest absolute Gasteiger partial charge is 0.388 e. The van der Waals surface area contributed by atoms with Crippen LogP contribution in [0.25, 0.3) is 0 Å². The van der Waals surface area contributed by atoms with Gasteiger partial charge in [-0.2, -0.15) is 0 Å². The first-order valence-corrected chi connectivity index (χ1v) is 9.04. The standard InChI is InChI=1S/C14H21N3O2S2/c1-10-4-6-11(7-5-10)9-17-21(18,19)12-3-2-8-16-13(12)14(15)20/h2-3,8,10-11,17H,4-7,9H2,1H3,(H2,15,20). The number of hydrogen-bond acceptors (Lipinski definition) is 4. The van der Waals surface area contributed by atoms with Gasteiger partial charge in [0, 0.05) is 12.7 Å². The minimum Gasteiger partial charge on any atom is -0.388 e. The lowest BCUT2D eigenvalue weighted by molar-refractivity contribution is 0.290. The van der Waals surface area contributed by atoms with Crippen molar-refractivity contribution < 1.29 is 8.42 Å². The number of rotatable bonds is 5. The smallest absolute Gasteiger partial charge is 0.242 e. The molecule has 3 N–H and O–H groups in total. The van der Waals surface area contributed by atoms with E-state index in [0.717, 1.165) is 31.6 Å². The fourth-order valence-electron chi connectivity index (χ4n) is 2.63.